The largest absolute Gasteiger partial charge is 0.366 e. The van der Waals surface area contributed by atoms with Crippen LogP contribution in [0.25, 0.3) is 16.6 Å². The van der Waals surface area contributed by atoms with Crippen molar-refractivity contribution in [3.05, 3.63) is 48.5 Å². The smallest absolute Gasteiger partial charge is 0.317 e. The topological polar surface area (TPSA) is 69.0 Å². The van der Waals surface area contributed by atoms with Gasteiger partial charge in [0.25, 0.3) is 0 Å². The number of urea groups is 1. The number of piperazine rings is 1. The van der Waals surface area contributed by atoms with Crippen LogP contribution >= 0.6 is 0 Å². The zero-order chi connectivity index (χ0) is 23.7. The predicted molar refractivity (Wildman–Crippen MR) is 135 cm³/mol. The van der Waals surface area contributed by atoms with Gasteiger partial charge in [-0.1, -0.05) is 6.07 Å². The zero-order valence-corrected chi connectivity index (χ0v) is 20.4. The number of nitrogens with one attached hydrogen (secondary N) is 1. The fourth-order valence-corrected chi connectivity index (χ4v) is 5.34. The van der Waals surface area contributed by atoms with Gasteiger partial charge in [-0.3, -0.25) is 9.88 Å². The normalized spacial score (nSPS) is 19.4. The molecule has 0 bridgehead atoms. The van der Waals surface area contributed by atoms with Gasteiger partial charge in [-0.2, -0.15) is 5.10 Å². The van der Waals surface area contributed by atoms with Gasteiger partial charge in [0, 0.05) is 68.5 Å². The third-order valence-corrected chi connectivity index (χ3v) is 7.14. The van der Waals surface area contributed by atoms with Crippen LogP contribution in [0.1, 0.15) is 45.3 Å². The molecule has 34 heavy (non-hydrogen) atoms. The standard InChI is InChI=1S/C26H35N7O/c1-4-27-26(34)31-14-12-30(13-15-31)24-9-10-29-33-18-21(16-25(24)33)20-7-8-22(28-17-20)23-6-5-11-32(23)19(2)3/h7-10,16-19,23H,4-6,11-15H2,1-3H3,(H,27,34)/t23-/m0/s1. The molecular weight excluding hydrogens is 426 g/mol. The molecule has 0 unspecified atom stereocenters. The van der Waals surface area contributed by atoms with Crippen molar-refractivity contribution in [1.29, 1.82) is 0 Å². The van der Waals surface area contributed by atoms with Gasteiger partial charge in [-0.05, 0) is 58.4 Å². The molecule has 0 saturated carbocycles. The molecule has 1 atom stereocenters. The van der Waals surface area contributed by atoms with Crippen molar-refractivity contribution in [2.75, 3.05) is 44.2 Å². The number of hydrogen-bond donors (Lipinski definition) is 1. The summed E-state index contributed by atoms with van der Waals surface area (Å²) in [6, 6.07) is 9.65. The SMILES string of the molecule is CCNC(=O)N1CCN(c2ccnn3cc(-c4ccc([C@@H]5CCCN5C(C)C)nc4)cc23)CC1. The summed E-state index contributed by atoms with van der Waals surface area (Å²) in [5.41, 5.74) is 5.62. The number of likely N-dealkylation sites (tertiary alicyclic amines) is 1. The Kier molecular flexibility index (Phi) is 6.41. The molecule has 2 aliphatic heterocycles. The van der Waals surface area contributed by atoms with Gasteiger partial charge in [0.05, 0.1) is 22.9 Å². The number of nitrogens with zero attached hydrogens (tertiary/aromatic N) is 6. The number of rotatable bonds is 5. The van der Waals surface area contributed by atoms with E-state index in [1.165, 1.54) is 18.5 Å². The molecule has 3 aromatic rings. The molecule has 5 rings (SSSR count). The second-order valence-corrected chi connectivity index (χ2v) is 9.55. The molecule has 8 heteroatoms. The van der Waals surface area contributed by atoms with Crippen LogP contribution in [0.3, 0.4) is 0 Å². The Labute approximate surface area is 201 Å². The summed E-state index contributed by atoms with van der Waals surface area (Å²) in [6.07, 6.45) is 8.36. The molecule has 0 spiro atoms. The molecule has 180 valence electrons. The first kappa shape index (κ1) is 22.7. The van der Waals surface area contributed by atoms with E-state index in [1.54, 1.807) is 0 Å². The highest BCUT2D eigenvalue weighted by atomic mass is 16.2. The van der Waals surface area contributed by atoms with Gasteiger partial charge in [0.15, 0.2) is 0 Å². The lowest BCUT2D eigenvalue weighted by atomic mass is 10.1. The average molecular weight is 462 g/mol. The first-order chi connectivity index (χ1) is 16.5. The molecule has 1 N–H and O–H groups in total. The molecule has 2 amide bonds. The Balaban J connectivity index is 1.34. The van der Waals surface area contributed by atoms with Crippen molar-refractivity contribution < 1.29 is 4.79 Å². The van der Waals surface area contributed by atoms with E-state index >= 15 is 0 Å². The molecular formula is C26H35N7O. The van der Waals surface area contributed by atoms with Gasteiger partial charge < -0.3 is 15.1 Å². The van der Waals surface area contributed by atoms with Gasteiger partial charge in [0.1, 0.15) is 0 Å². The summed E-state index contributed by atoms with van der Waals surface area (Å²) < 4.78 is 1.95. The van der Waals surface area contributed by atoms with Crippen molar-refractivity contribution in [1.82, 2.24) is 29.7 Å². The highest BCUT2D eigenvalue weighted by Gasteiger charge is 2.29. The maximum absolute atomic E-state index is 12.1. The van der Waals surface area contributed by atoms with E-state index in [0.717, 1.165) is 42.0 Å². The number of fused-ring (bicyclic) bond motifs is 1. The highest BCUT2D eigenvalue weighted by molar-refractivity contribution is 5.80. The van der Waals surface area contributed by atoms with E-state index < -0.39 is 0 Å². The minimum Gasteiger partial charge on any atom is -0.366 e. The molecule has 2 fully saturated rings. The summed E-state index contributed by atoms with van der Waals surface area (Å²) >= 11 is 0. The fraction of sp³-hybridized carbons (Fsp3) is 0.500. The number of carbonyl (C=O) groups is 1. The molecule has 8 nitrogen and oxygen atoms in total. The number of amides is 2. The number of hydrogen-bond acceptors (Lipinski definition) is 5. The highest BCUT2D eigenvalue weighted by Crippen LogP contribution is 2.34. The van der Waals surface area contributed by atoms with Crippen molar-refractivity contribution >= 4 is 17.2 Å². The Hall–Kier alpha value is -3.13. The predicted octanol–water partition coefficient (Wildman–Crippen LogP) is 3.79. The maximum atomic E-state index is 12.1. The number of aromatic nitrogens is 3. The third-order valence-electron chi connectivity index (χ3n) is 7.14. The second kappa shape index (κ2) is 9.62. The monoisotopic (exact) mass is 461 g/mol. The fourth-order valence-electron chi connectivity index (χ4n) is 5.34. The Morgan fingerprint density at radius 3 is 2.65 bits per heavy atom. The lowest BCUT2D eigenvalue weighted by Crippen LogP contribution is -2.51. The summed E-state index contributed by atoms with van der Waals surface area (Å²) in [5, 5.41) is 7.44. The van der Waals surface area contributed by atoms with E-state index in [-0.39, 0.29) is 6.03 Å². The third kappa shape index (κ3) is 4.34. The van der Waals surface area contributed by atoms with E-state index in [4.69, 9.17) is 4.98 Å². The minimum absolute atomic E-state index is 0.0251. The first-order valence-electron chi connectivity index (χ1n) is 12.5. The number of carbonyl (C=O) groups excluding carboxylic acids is 1. The molecule has 0 aliphatic carbocycles. The van der Waals surface area contributed by atoms with E-state index in [0.29, 0.717) is 31.7 Å². The van der Waals surface area contributed by atoms with Gasteiger partial charge in [-0.25, -0.2) is 9.31 Å². The van der Waals surface area contributed by atoms with Crippen LogP contribution in [0.15, 0.2) is 42.9 Å². The maximum Gasteiger partial charge on any atom is 0.317 e. The van der Waals surface area contributed by atoms with Crippen LogP contribution in [-0.2, 0) is 0 Å². The van der Waals surface area contributed by atoms with E-state index in [9.17, 15) is 4.79 Å². The quantitative estimate of drug-likeness (QED) is 0.626. The summed E-state index contributed by atoms with van der Waals surface area (Å²) in [5.74, 6) is 0. The van der Waals surface area contributed by atoms with Gasteiger partial charge in [-0.15, -0.1) is 0 Å². The number of pyridine rings is 1. The number of anilines is 1. The van der Waals surface area contributed by atoms with Crippen LogP contribution in [-0.4, -0.2) is 75.7 Å². The summed E-state index contributed by atoms with van der Waals surface area (Å²) in [6.45, 7) is 11.3. The Morgan fingerprint density at radius 1 is 1.12 bits per heavy atom. The first-order valence-corrected chi connectivity index (χ1v) is 12.5. The van der Waals surface area contributed by atoms with Crippen LogP contribution in [0, 0.1) is 0 Å². The molecule has 2 aliphatic rings. The molecule has 0 aromatic carbocycles. The van der Waals surface area contributed by atoms with E-state index in [1.807, 2.05) is 28.7 Å². The summed E-state index contributed by atoms with van der Waals surface area (Å²) in [4.78, 5) is 23.8. The van der Waals surface area contributed by atoms with Gasteiger partial charge >= 0.3 is 6.03 Å². The molecule has 5 heterocycles. The van der Waals surface area contributed by atoms with Crippen molar-refractivity contribution in [2.24, 2.45) is 0 Å². The van der Waals surface area contributed by atoms with Crippen molar-refractivity contribution in [2.45, 2.75) is 45.7 Å². The lowest BCUT2D eigenvalue weighted by molar-refractivity contribution is 0.195. The Bertz CT molecular complexity index is 1130. The second-order valence-electron chi connectivity index (χ2n) is 9.55. The van der Waals surface area contributed by atoms with Crippen molar-refractivity contribution in [3.63, 3.8) is 0 Å². The van der Waals surface area contributed by atoms with Crippen LogP contribution in [0.5, 0.6) is 0 Å². The molecule has 0 radical (unpaired) electrons. The minimum atomic E-state index is 0.0251. The zero-order valence-electron chi connectivity index (χ0n) is 20.4. The van der Waals surface area contributed by atoms with Gasteiger partial charge in [0.2, 0.25) is 0 Å². The van der Waals surface area contributed by atoms with Crippen LogP contribution < -0.4 is 10.2 Å². The van der Waals surface area contributed by atoms with Crippen LogP contribution in [0.2, 0.25) is 0 Å². The van der Waals surface area contributed by atoms with Crippen molar-refractivity contribution in [3.8, 4) is 11.1 Å². The Morgan fingerprint density at radius 2 is 1.94 bits per heavy atom. The lowest BCUT2D eigenvalue weighted by Gasteiger charge is -2.36. The molecule has 3 aromatic heterocycles. The van der Waals surface area contributed by atoms with Crippen LogP contribution in [0.4, 0.5) is 10.5 Å². The average Bonchev–Trinajstić information content (AvgIpc) is 3.52. The molecule has 2 saturated heterocycles. The van der Waals surface area contributed by atoms with E-state index in [2.05, 4.69) is 64.5 Å². The summed E-state index contributed by atoms with van der Waals surface area (Å²) in [7, 11) is 0.